The van der Waals surface area contributed by atoms with E-state index in [0.717, 1.165) is 43.8 Å². The molecular formula is C25H24ClN6OP. The number of pyridine rings is 1. The minimum absolute atomic E-state index is 0.131. The molecule has 9 heteroatoms. The first-order valence-electron chi connectivity index (χ1n) is 10.8. The molecular weight excluding hydrogens is 467 g/mol. The van der Waals surface area contributed by atoms with Crippen molar-refractivity contribution in [3.05, 3.63) is 59.4 Å². The molecule has 2 aromatic heterocycles. The molecule has 1 unspecified atom stereocenters. The molecule has 0 aliphatic rings. The third kappa shape index (κ3) is 4.11. The first-order valence-corrected chi connectivity index (χ1v) is 11.8. The van der Waals surface area contributed by atoms with Gasteiger partial charge in [-0.1, -0.05) is 24.2 Å². The lowest BCUT2D eigenvalue weighted by atomic mass is 9.95. The number of nitriles is 1. The number of fused-ring (bicyclic) bond motifs is 2. The van der Waals surface area contributed by atoms with Crippen molar-refractivity contribution in [3.8, 4) is 17.2 Å². The van der Waals surface area contributed by atoms with E-state index in [1.54, 1.807) is 17.3 Å². The summed E-state index contributed by atoms with van der Waals surface area (Å²) in [6.07, 6.45) is 4.66. The van der Waals surface area contributed by atoms with Gasteiger partial charge in [0.15, 0.2) is 0 Å². The van der Waals surface area contributed by atoms with E-state index in [0.29, 0.717) is 35.9 Å². The van der Waals surface area contributed by atoms with Gasteiger partial charge in [-0.05, 0) is 43.2 Å². The highest BCUT2D eigenvalue weighted by Crippen LogP contribution is 2.39. The minimum Gasteiger partial charge on any atom is -0.382 e. The summed E-state index contributed by atoms with van der Waals surface area (Å²) in [7, 11) is 2.77. The molecule has 4 aromatic rings. The van der Waals surface area contributed by atoms with Crippen molar-refractivity contribution < 1.29 is 4.79 Å². The summed E-state index contributed by atoms with van der Waals surface area (Å²) in [5, 5.41) is 23.3. The minimum atomic E-state index is -0.131. The number of hydrogen-bond donors (Lipinski definition) is 2. The Morgan fingerprint density at radius 3 is 2.85 bits per heavy atom. The molecule has 2 aromatic carbocycles. The molecule has 7 nitrogen and oxygen atoms in total. The quantitative estimate of drug-likeness (QED) is 0.292. The number of carbonyl (C=O) groups is 1. The first kappa shape index (κ1) is 23.7. The van der Waals surface area contributed by atoms with Crippen LogP contribution in [-0.4, -0.2) is 45.6 Å². The number of benzene rings is 2. The van der Waals surface area contributed by atoms with Crippen molar-refractivity contribution >= 4 is 59.5 Å². The first-order chi connectivity index (χ1) is 16.4. The molecule has 0 radical (unpaired) electrons. The summed E-state index contributed by atoms with van der Waals surface area (Å²) in [5.41, 5.74) is 5.62. The summed E-state index contributed by atoms with van der Waals surface area (Å²) in [6, 6.07) is 8.08. The van der Waals surface area contributed by atoms with Crippen molar-refractivity contribution in [1.82, 2.24) is 20.1 Å². The maximum Gasteiger partial charge on any atom is 0.246 e. The Hall–Kier alpha value is -3.46. The lowest BCUT2D eigenvalue weighted by molar-refractivity contribution is -0.125. The van der Waals surface area contributed by atoms with Crippen molar-refractivity contribution in [2.75, 3.05) is 25.0 Å². The number of halogens is 1. The van der Waals surface area contributed by atoms with Crippen LogP contribution in [0.15, 0.2) is 43.2 Å². The van der Waals surface area contributed by atoms with E-state index in [1.807, 2.05) is 32.0 Å². The van der Waals surface area contributed by atoms with E-state index in [-0.39, 0.29) is 5.91 Å². The number of aryl methyl sites for hydroxylation is 1. The number of likely N-dealkylation sites (N-methyl/N-ethyl adjacent to an activating group) is 1. The van der Waals surface area contributed by atoms with Crippen LogP contribution >= 0.6 is 20.8 Å². The van der Waals surface area contributed by atoms with Crippen molar-refractivity contribution in [1.29, 1.82) is 5.26 Å². The normalized spacial score (nSPS) is 10.9. The van der Waals surface area contributed by atoms with Crippen molar-refractivity contribution in [3.63, 3.8) is 0 Å². The maximum absolute atomic E-state index is 12.0. The highest BCUT2D eigenvalue weighted by atomic mass is 35.5. The average molecular weight is 491 g/mol. The molecule has 4 rings (SSSR count). The fourth-order valence-electron chi connectivity index (χ4n) is 4.18. The number of nitrogens with one attached hydrogen (secondary N) is 2. The van der Waals surface area contributed by atoms with E-state index in [2.05, 4.69) is 42.4 Å². The Kier molecular flexibility index (Phi) is 6.83. The summed E-state index contributed by atoms with van der Waals surface area (Å²) in [4.78, 5) is 18.2. The van der Waals surface area contributed by atoms with E-state index in [4.69, 9.17) is 11.6 Å². The summed E-state index contributed by atoms with van der Waals surface area (Å²) in [6.45, 7) is 9.00. The number of nitrogens with zero attached hydrogens (tertiary/aromatic N) is 4. The van der Waals surface area contributed by atoms with Crippen LogP contribution in [0.1, 0.15) is 18.1 Å². The van der Waals surface area contributed by atoms with Crippen LogP contribution in [0.4, 0.5) is 5.69 Å². The smallest absolute Gasteiger partial charge is 0.246 e. The van der Waals surface area contributed by atoms with Crippen molar-refractivity contribution in [2.24, 2.45) is 0 Å². The Morgan fingerprint density at radius 1 is 1.35 bits per heavy atom. The Morgan fingerprint density at radius 2 is 2.15 bits per heavy atom. The Bertz CT molecular complexity index is 1470. The van der Waals surface area contributed by atoms with E-state index in [9.17, 15) is 10.1 Å². The monoisotopic (exact) mass is 490 g/mol. The van der Waals surface area contributed by atoms with Crippen LogP contribution in [-0.2, 0) is 4.79 Å². The third-order valence-electron chi connectivity index (χ3n) is 5.91. The molecule has 0 aliphatic heterocycles. The van der Waals surface area contributed by atoms with Gasteiger partial charge in [-0.25, -0.2) is 0 Å². The predicted molar refractivity (Wildman–Crippen MR) is 142 cm³/mol. The van der Waals surface area contributed by atoms with Crippen molar-refractivity contribution in [2.45, 2.75) is 13.8 Å². The number of H-pyrrole nitrogens is 1. The van der Waals surface area contributed by atoms with Crippen LogP contribution in [0.5, 0.6) is 0 Å². The summed E-state index contributed by atoms with van der Waals surface area (Å²) in [5.74, 6) is -0.131. The molecule has 0 bridgehead atoms. The molecule has 172 valence electrons. The van der Waals surface area contributed by atoms with E-state index < -0.39 is 0 Å². The second-order valence-electron chi connectivity index (χ2n) is 7.84. The summed E-state index contributed by atoms with van der Waals surface area (Å²) >= 11 is 6.87. The zero-order chi connectivity index (χ0) is 24.4. The number of aromatic amines is 1. The molecule has 0 saturated carbocycles. The van der Waals surface area contributed by atoms with Gasteiger partial charge in [0.25, 0.3) is 0 Å². The van der Waals surface area contributed by atoms with E-state index >= 15 is 0 Å². The molecule has 34 heavy (non-hydrogen) atoms. The average Bonchev–Trinajstić information content (AvgIpc) is 3.31. The molecule has 2 N–H and O–H groups in total. The molecule has 0 spiro atoms. The lowest BCUT2D eigenvalue weighted by Crippen LogP contribution is -2.33. The predicted octanol–water partition coefficient (Wildman–Crippen LogP) is 4.56. The number of anilines is 1. The maximum atomic E-state index is 12.0. The standard InChI is InChI=1S/C25H24ClN6OP/c1-4-20(33)32(5-2)9-8-28-23-15(11-27)12-29-24-16(23)10-18(26)22(25(24)34)21-14(3)6-7-19-17(21)13-30-31-19/h4,6-7,10,12-13H,1,5,8-9,34H2,2-3H3,(H,28,29)(H,30,31). The lowest BCUT2D eigenvalue weighted by Gasteiger charge is -2.21. The fraction of sp³-hybridized carbons (Fsp3) is 0.200. The number of carbonyl (C=O) groups excluding carboxylic acids is 1. The van der Waals surface area contributed by atoms with Gasteiger partial charge in [-0.15, -0.1) is 9.24 Å². The number of hydrogen-bond acceptors (Lipinski definition) is 5. The van der Waals surface area contributed by atoms with Gasteiger partial charge in [0.2, 0.25) is 5.91 Å². The molecule has 1 atom stereocenters. The topological polar surface area (TPSA) is 97.7 Å². The molecule has 0 saturated heterocycles. The highest BCUT2D eigenvalue weighted by Gasteiger charge is 2.20. The second-order valence-corrected chi connectivity index (χ2v) is 8.82. The van der Waals surface area contributed by atoms with Crippen LogP contribution < -0.4 is 10.6 Å². The number of aromatic nitrogens is 3. The van der Waals surface area contributed by atoms with Gasteiger partial charge in [-0.2, -0.15) is 10.4 Å². The molecule has 2 heterocycles. The molecule has 0 aliphatic carbocycles. The van der Waals surface area contributed by atoms with Gasteiger partial charge in [0, 0.05) is 52.5 Å². The van der Waals surface area contributed by atoms with Crippen LogP contribution in [0, 0.1) is 18.3 Å². The molecule has 1 amide bonds. The van der Waals surface area contributed by atoms with Gasteiger partial charge in [0.1, 0.15) is 6.07 Å². The third-order valence-corrected chi connectivity index (χ3v) is 6.77. The highest BCUT2D eigenvalue weighted by molar-refractivity contribution is 7.29. The van der Waals surface area contributed by atoms with E-state index in [1.165, 1.54) is 6.08 Å². The number of rotatable bonds is 7. The summed E-state index contributed by atoms with van der Waals surface area (Å²) < 4.78 is 0. The Labute approximate surface area is 205 Å². The zero-order valence-electron chi connectivity index (χ0n) is 18.9. The van der Waals surface area contributed by atoms with Gasteiger partial charge < -0.3 is 10.2 Å². The van der Waals surface area contributed by atoms with Crippen LogP contribution in [0.2, 0.25) is 5.02 Å². The number of amides is 1. The van der Waals surface area contributed by atoms with Gasteiger partial charge >= 0.3 is 0 Å². The Balaban J connectivity index is 1.82. The second kappa shape index (κ2) is 9.80. The van der Waals surface area contributed by atoms with Gasteiger partial charge in [-0.3, -0.25) is 14.9 Å². The van der Waals surface area contributed by atoms with Crippen LogP contribution in [0.3, 0.4) is 0 Å². The SMILES string of the molecule is C=CC(=O)N(CC)CCNc1c(C#N)cnc2c(P)c(-c3c(C)ccc4[nH]ncc34)c(Cl)cc12. The van der Waals surface area contributed by atoms with Crippen LogP contribution in [0.25, 0.3) is 32.9 Å². The molecule has 0 fully saturated rings. The fourth-order valence-corrected chi connectivity index (χ4v) is 5.11. The van der Waals surface area contributed by atoms with Gasteiger partial charge in [0.05, 0.1) is 28.5 Å². The zero-order valence-corrected chi connectivity index (χ0v) is 20.9. The largest absolute Gasteiger partial charge is 0.382 e.